The number of nitriles is 1. The van der Waals surface area contributed by atoms with Crippen LogP contribution < -0.4 is 0 Å². The number of amides is 1. The van der Waals surface area contributed by atoms with E-state index in [0.29, 0.717) is 17.8 Å². The third kappa shape index (κ3) is 2.55. The van der Waals surface area contributed by atoms with E-state index in [9.17, 15) is 4.79 Å². The zero-order chi connectivity index (χ0) is 13.0. The van der Waals surface area contributed by atoms with Gasteiger partial charge in [0.15, 0.2) is 0 Å². The van der Waals surface area contributed by atoms with E-state index in [4.69, 9.17) is 5.26 Å². The number of aromatic nitrogens is 2. The number of carbonyl (C=O) groups excluding carboxylic acids is 1. The van der Waals surface area contributed by atoms with Crippen molar-refractivity contribution in [2.45, 2.75) is 6.54 Å². The summed E-state index contributed by atoms with van der Waals surface area (Å²) in [5.41, 5.74) is 1.74. The summed E-state index contributed by atoms with van der Waals surface area (Å²) in [4.78, 5) is 20.6. The number of aromatic amines is 1. The Balaban J connectivity index is 2.08. The van der Waals surface area contributed by atoms with E-state index in [1.807, 2.05) is 24.4 Å². The van der Waals surface area contributed by atoms with Gasteiger partial charge in [-0.25, -0.2) is 4.98 Å². The van der Waals surface area contributed by atoms with Crippen molar-refractivity contribution in [3.63, 3.8) is 0 Å². The van der Waals surface area contributed by atoms with Gasteiger partial charge in [0.25, 0.3) is 5.91 Å². The number of hydrogen-bond acceptors (Lipinski definition) is 3. The first-order valence-electron chi connectivity index (χ1n) is 5.44. The fourth-order valence-electron chi connectivity index (χ4n) is 1.58. The van der Waals surface area contributed by atoms with Crippen molar-refractivity contribution < 1.29 is 4.79 Å². The molecule has 18 heavy (non-hydrogen) atoms. The molecular formula is C13H12N4O. The van der Waals surface area contributed by atoms with Gasteiger partial charge in [-0.3, -0.25) is 4.79 Å². The topological polar surface area (TPSA) is 72.8 Å². The van der Waals surface area contributed by atoms with Crippen LogP contribution in [0.5, 0.6) is 0 Å². The largest absolute Gasteiger partial charge is 0.364 e. The minimum atomic E-state index is -0.172. The van der Waals surface area contributed by atoms with Crippen LogP contribution in [0.15, 0.2) is 36.7 Å². The van der Waals surface area contributed by atoms with Crippen molar-refractivity contribution in [2.75, 3.05) is 7.05 Å². The van der Waals surface area contributed by atoms with Crippen LogP contribution in [0.1, 0.15) is 21.7 Å². The lowest BCUT2D eigenvalue weighted by molar-refractivity contribution is 0.0778. The molecule has 0 aliphatic carbocycles. The average molecular weight is 240 g/mol. The first kappa shape index (κ1) is 11.9. The molecule has 0 bridgehead atoms. The van der Waals surface area contributed by atoms with Gasteiger partial charge in [0.05, 0.1) is 12.1 Å². The highest BCUT2D eigenvalue weighted by Gasteiger charge is 2.13. The Hall–Kier alpha value is -2.61. The molecule has 0 unspecified atom stereocenters. The van der Waals surface area contributed by atoms with Crippen LogP contribution in [0, 0.1) is 11.3 Å². The van der Waals surface area contributed by atoms with Crippen molar-refractivity contribution in [3.8, 4) is 6.07 Å². The van der Waals surface area contributed by atoms with E-state index >= 15 is 0 Å². The Morgan fingerprint density at radius 3 is 2.89 bits per heavy atom. The van der Waals surface area contributed by atoms with Gasteiger partial charge in [0.1, 0.15) is 11.8 Å². The van der Waals surface area contributed by atoms with Gasteiger partial charge in [-0.2, -0.15) is 5.26 Å². The smallest absolute Gasteiger partial charge is 0.272 e. The van der Waals surface area contributed by atoms with E-state index in [1.165, 1.54) is 6.20 Å². The number of carbonyl (C=O) groups is 1. The summed E-state index contributed by atoms with van der Waals surface area (Å²) < 4.78 is 0. The lowest BCUT2D eigenvalue weighted by atomic mass is 10.2. The fourth-order valence-corrected chi connectivity index (χ4v) is 1.58. The summed E-state index contributed by atoms with van der Waals surface area (Å²) in [5, 5.41) is 8.66. The Kier molecular flexibility index (Phi) is 3.39. The summed E-state index contributed by atoms with van der Waals surface area (Å²) in [6.07, 6.45) is 3.21. The molecule has 5 heteroatoms. The first-order chi connectivity index (χ1) is 8.70. The molecule has 90 valence electrons. The molecule has 0 aromatic carbocycles. The van der Waals surface area contributed by atoms with Crippen molar-refractivity contribution in [1.82, 2.24) is 14.9 Å². The van der Waals surface area contributed by atoms with Gasteiger partial charge in [-0.05, 0) is 24.3 Å². The predicted molar refractivity (Wildman–Crippen MR) is 65.5 cm³/mol. The molecule has 0 atom stereocenters. The van der Waals surface area contributed by atoms with Gasteiger partial charge < -0.3 is 9.88 Å². The molecule has 0 radical (unpaired) electrons. The summed E-state index contributed by atoms with van der Waals surface area (Å²) in [5.74, 6) is -0.172. The summed E-state index contributed by atoms with van der Waals surface area (Å²) >= 11 is 0. The SMILES string of the molecule is CN(Cc1ccc[nH]1)C(=O)c1ccc(C#N)cn1. The van der Waals surface area contributed by atoms with Crippen LogP contribution in [0.2, 0.25) is 0 Å². The second-order valence-corrected chi connectivity index (χ2v) is 3.90. The van der Waals surface area contributed by atoms with Crippen LogP contribution in [0.3, 0.4) is 0 Å². The molecule has 2 heterocycles. The van der Waals surface area contributed by atoms with E-state index < -0.39 is 0 Å². The van der Waals surface area contributed by atoms with E-state index in [-0.39, 0.29) is 5.91 Å². The van der Waals surface area contributed by atoms with Crippen LogP contribution in [-0.2, 0) is 6.54 Å². The highest BCUT2D eigenvalue weighted by molar-refractivity contribution is 5.92. The van der Waals surface area contributed by atoms with E-state index in [2.05, 4.69) is 9.97 Å². The number of pyridine rings is 1. The maximum absolute atomic E-state index is 12.0. The molecule has 2 aromatic heterocycles. The molecule has 0 fully saturated rings. The summed E-state index contributed by atoms with van der Waals surface area (Å²) in [6, 6.07) is 8.91. The monoisotopic (exact) mass is 240 g/mol. The minimum absolute atomic E-state index is 0.172. The number of rotatable bonds is 3. The standard InChI is InChI=1S/C13H12N4O/c1-17(9-11-3-2-6-15-11)13(18)12-5-4-10(7-14)8-16-12/h2-6,8,15H,9H2,1H3. The van der Waals surface area contributed by atoms with E-state index in [0.717, 1.165) is 5.69 Å². The highest BCUT2D eigenvalue weighted by Crippen LogP contribution is 2.06. The van der Waals surface area contributed by atoms with Gasteiger partial charge in [-0.1, -0.05) is 0 Å². The maximum Gasteiger partial charge on any atom is 0.272 e. The lowest BCUT2D eigenvalue weighted by Crippen LogP contribution is -2.27. The van der Waals surface area contributed by atoms with Crippen LogP contribution in [-0.4, -0.2) is 27.8 Å². The fraction of sp³-hybridized carbons (Fsp3) is 0.154. The van der Waals surface area contributed by atoms with Gasteiger partial charge in [-0.15, -0.1) is 0 Å². The molecule has 0 saturated heterocycles. The van der Waals surface area contributed by atoms with Crippen molar-refractivity contribution >= 4 is 5.91 Å². The molecule has 0 saturated carbocycles. The summed E-state index contributed by atoms with van der Waals surface area (Å²) in [7, 11) is 1.71. The van der Waals surface area contributed by atoms with Gasteiger partial charge in [0.2, 0.25) is 0 Å². The zero-order valence-corrected chi connectivity index (χ0v) is 9.92. The number of nitrogens with one attached hydrogen (secondary N) is 1. The highest BCUT2D eigenvalue weighted by atomic mass is 16.2. The molecule has 0 aliphatic rings. The third-order valence-corrected chi connectivity index (χ3v) is 2.53. The minimum Gasteiger partial charge on any atom is -0.364 e. The Labute approximate surface area is 105 Å². The normalized spacial score (nSPS) is 9.78. The third-order valence-electron chi connectivity index (χ3n) is 2.53. The molecule has 1 N–H and O–H groups in total. The Morgan fingerprint density at radius 2 is 2.33 bits per heavy atom. The maximum atomic E-state index is 12.0. The van der Waals surface area contributed by atoms with E-state index in [1.54, 1.807) is 24.1 Å². The average Bonchev–Trinajstić information content (AvgIpc) is 2.91. The molecule has 0 aliphatic heterocycles. The van der Waals surface area contributed by atoms with Crippen molar-refractivity contribution in [2.24, 2.45) is 0 Å². The van der Waals surface area contributed by atoms with Gasteiger partial charge >= 0.3 is 0 Å². The van der Waals surface area contributed by atoms with Crippen LogP contribution in [0.4, 0.5) is 0 Å². The molecule has 0 spiro atoms. The Bertz CT molecular complexity index is 566. The number of H-pyrrole nitrogens is 1. The number of nitrogens with zero attached hydrogens (tertiary/aromatic N) is 3. The molecular weight excluding hydrogens is 228 g/mol. The van der Waals surface area contributed by atoms with Crippen molar-refractivity contribution in [1.29, 1.82) is 5.26 Å². The quantitative estimate of drug-likeness (QED) is 0.884. The summed E-state index contributed by atoms with van der Waals surface area (Å²) in [6.45, 7) is 0.494. The molecule has 1 amide bonds. The van der Waals surface area contributed by atoms with Crippen molar-refractivity contribution in [3.05, 3.63) is 53.6 Å². The molecule has 5 nitrogen and oxygen atoms in total. The first-order valence-corrected chi connectivity index (χ1v) is 5.44. The van der Waals surface area contributed by atoms with Crippen LogP contribution in [0.25, 0.3) is 0 Å². The molecule has 2 rings (SSSR count). The Morgan fingerprint density at radius 1 is 1.50 bits per heavy atom. The lowest BCUT2D eigenvalue weighted by Gasteiger charge is -2.15. The predicted octanol–water partition coefficient (Wildman–Crippen LogP) is 1.55. The molecule has 2 aromatic rings. The second kappa shape index (κ2) is 5.15. The zero-order valence-electron chi connectivity index (χ0n) is 9.92. The number of hydrogen-bond donors (Lipinski definition) is 1. The second-order valence-electron chi connectivity index (χ2n) is 3.90. The van der Waals surface area contributed by atoms with Crippen LogP contribution >= 0.6 is 0 Å². The van der Waals surface area contributed by atoms with Gasteiger partial charge in [0, 0.05) is 25.1 Å².